The van der Waals surface area contributed by atoms with Crippen LogP contribution in [-0.4, -0.2) is 32.7 Å². The molecule has 0 fully saturated rings. The minimum atomic E-state index is -3.24. The second-order valence-electron chi connectivity index (χ2n) is 7.40. The van der Waals surface area contributed by atoms with E-state index in [1.165, 1.54) is 12.5 Å². The maximum atomic E-state index is 11.9. The van der Waals surface area contributed by atoms with E-state index in [1.54, 1.807) is 13.8 Å². The van der Waals surface area contributed by atoms with Gasteiger partial charge in [0.15, 0.2) is 0 Å². The van der Waals surface area contributed by atoms with Gasteiger partial charge in [0, 0.05) is 20.0 Å². The Labute approximate surface area is 168 Å². The summed E-state index contributed by atoms with van der Waals surface area (Å²) in [5, 5.41) is 2.37. The molecule has 28 heavy (non-hydrogen) atoms. The predicted octanol–water partition coefficient (Wildman–Crippen LogP) is 3.46. The molecule has 0 saturated carbocycles. The highest BCUT2D eigenvalue weighted by atomic mass is 32.2. The quantitative estimate of drug-likeness (QED) is 0.674. The Morgan fingerprint density at radius 3 is 1.96 bits per heavy atom. The van der Waals surface area contributed by atoms with Gasteiger partial charge in [-0.05, 0) is 48.4 Å². The monoisotopic (exact) mass is 402 g/mol. The molecule has 0 saturated heterocycles. The summed E-state index contributed by atoms with van der Waals surface area (Å²) in [6, 6.07) is 16.5. The molecule has 1 atom stereocenters. The van der Waals surface area contributed by atoms with Gasteiger partial charge in [0.25, 0.3) is 0 Å². The zero-order valence-electron chi connectivity index (χ0n) is 17.0. The van der Waals surface area contributed by atoms with Crippen LogP contribution >= 0.6 is 0 Å². The van der Waals surface area contributed by atoms with Crippen LogP contribution in [0.1, 0.15) is 44.7 Å². The van der Waals surface area contributed by atoms with Gasteiger partial charge in [-0.1, -0.05) is 55.5 Å². The molecule has 2 N–H and O–H groups in total. The fourth-order valence-electron chi connectivity index (χ4n) is 2.78. The van der Waals surface area contributed by atoms with Gasteiger partial charge in [0.2, 0.25) is 15.9 Å². The number of carbonyl (C=O) groups is 1. The van der Waals surface area contributed by atoms with Crippen molar-refractivity contribution < 1.29 is 13.2 Å². The van der Waals surface area contributed by atoms with E-state index in [1.807, 2.05) is 19.1 Å². The van der Waals surface area contributed by atoms with E-state index in [0.717, 1.165) is 23.1 Å². The van der Waals surface area contributed by atoms with Crippen molar-refractivity contribution in [2.45, 2.75) is 45.3 Å². The predicted molar refractivity (Wildman–Crippen MR) is 115 cm³/mol. The van der Waals surface area contributed by atoms with Gasteiger partial charge in [-0.25, -0.2) is 13.1 Å². The third-order valence-corrected chi connectivity index (χ3v) is 6.58. The average Bonchev–Trinajstić information content (AvgIpc) is 2.66. The van der Waals surface area contributed by atoms with Crippen LogP contribution in [0, 0.1) is 0 Å². The van der Waals surface area contributed by atoms with Gasteiger partial charge >= 0.3 is 0 Å². The van der Waals surface area contributed by atoms with Gasteiger partial charge in [0.1, 0.15) is 0 Å². The number of hydrogen-bond acceptors (Lipinski definition) is 3. The lowest BCUT2D eigenvalue weighted by Crippen LogP contribution is -2.33. The molecule has 2 aromatic rings. The van der Waals surface area contributed by atoms with Gasteiger partial charge in [-0.15, -0.1) is 0 Å². The van der Waals surface area contributed by atoms with Crippen molar-refractivity contribution in [1.29, 1.82) is 0 Å². The van der Waals surface area contributed by atoms with Crippen LogP contribution in [0.25, 0.3) is 11.1 Å². The highest BCUT2D eigenvalue weighted by Gasteiger charge is 2.17. The van der Waals surface area contributed by atoms with E-state index in [0.29, 0.717) is 13.1 Å². The van der Waals surface area contributed by atoms with Gasteiger partial charge in [0.05, 0.1) is 5.25 Å². The van der Waals surface area contributed by atoms with Crippen LogP contribution in [0.2, 0.25) is 0 Å². The summed E-state index contributed by atoms with van der Waals surface area (Å²) in [5.74, 6) is 0.0849. The summed E-state index contributed by atoms with van der Waals surface area (Å²) in [7, 11) is -3.24. The molecule has 0 aliphatic heterocycles. The summed E-state index contributed by atoms with van der Waals surface area (Å²) >= 11 is 0. The van der Waals surface area contributed by atoms with Crippen LogP contribution in [0.15, 0.2) is 48.5 Å². The molecule has 0 radical (unpaired) electrons. The van der Waals surface area contributed by atoms with E-state index in [9.17, 15) is 13.2 Å². The first kappa shape index (κ1) is 22.1. The summed E-state index contributed by atoms with van der Waals surface area (Å²) in [5.41, 5.74) is 4.53. The highest BCUT2D eigenvalue weighted by Crippen LogP contribution is 2.23. The molecule has 0 bridgehead atoms. The maximum Gasteiger partial charge on any atom is 0.216 e. The molecule has 2 aromatic carbocycles. The highest BCUT2D eigenvalue weighted by molar-refractivity contribution is 7.90. The number of rotatable bonds is 9. The molecule has 152 valence electrons. The summed E-state index contributed by atoms with van der Waals surface area (Å²) in [6.07, 6.45) is 0.808. The van der Waals surface area contributed by atoms with E-state index < -0.39 is 15.3 Å². The molecule has 0 aliphatic rings. The SMILES string of the molecule is CC(=O)NCCc1ccc(-c2ccc(C(C)CNS(=O)(=O)C(C)C)cc2)cc1. The third kappa shape index (κ3) is 6.46. The molecule has 0 aromatic heterocycles. The fourth-order valence-corrected chi connectivity index (χ4v) is 3.59. The van der Waals surface area contributed by atoms with Crippen LogP contribution in [0.4, 0.5) is 0 Å². The molecule has 6 heteroatoms. The van der Waals surface area contributed by atoms with Gasteiger partial charge < -0.3 is 5.32 Å². The summed E-state index contributed by atoms with van der Waals surface area (Å²) in [6.45, 7) is 7.92. The molecule has 1 unspecified atom stereocenters. The number of hydrogen-bond donors (Lipinski definition) is 2. The molecule has 5 nitrogen and oxygen atoms in total. The largest absolute Gasteiger partial charge is 0.356 e. The Morgan fingerprint density at radius 2 is 1.46 bits per heavy atom. The standard InChI is InChI=1S/C22H30N2O3S/c1-16(2)28(26,27)24-15-17(3)20-9-11-22(12-10-20)21-7-5-19(6-8-21)13-14-23-18(4)25/h5-12,16-17,24H,13-15H2,1-4H3,(H,23,25). The number of benzene rings is 2. The molecule has 1 amide bonds. The molecule has 0 spiro atoms. The van der Waals surface area contributed by atoms with Crippen molar-refractivity contribution in [2.24, 2.45) is 0 Å². The normalized spacial score (nSPS) is 12.8. The summed E-state index contributed by atoms with van der Waals surface area (Å²) in [4.78, 5) is 10.9. The van der Waals surface area contributed by atoms with Crippen molar-refractivity contribution in [3.8, 4) is 11.1 Å². The average molecular weight is 403 g/mol. The topological polar surface area (TPSA) is 75.3 Å². The number of carbonyl (C=O) groups excluding carboxylic acids is 1. The molecule has 0 aliphatic carbocycles. The Morgan fingerprint density at radius 1 is 0.929 bits per heavy atom. The van der Waals surface area contributed by atoms with Crippen molar-refractivity contribution in [2.75, 3.05) is 13.1 Å². The lowest BCUT2D eigenvalue weighted by molar-refractivity contribution is -0.118. The Hall–Kier alpha value is -2.18. The lowest BCUT2D eigenvalue weighted by atomic mass is 9.97. The van der Waals surface area contributed by atoms with E-state index in [-0.39, 0.29) is 11.8 Å². The van der Waals surface area contributed by atoms with Gasteiger partial charge in [-0.2, -0.15) is 0 Å². The van der Waals surface area contributed by atoms with Crippen molar-refractivity contribution in [3.05, 3.63) is 59.7 Å². The number of amides is 1. The number of sulfonamides is 1. The third-order valence-electron chi connectivity index (χ3n) is 4.77. The first-order valence-corrected chi connectivity index (χ1v) is 11.2. The van der Waals surface area contributed by atoms with E-state index >= 15 is 0 Å². The van der Waals surface area contributed by atoms with Crippen LogP contribution in [0.5, 0.6) is 0 Å². The molecular weight excluding hydrogens is 372 g/mol. The first-order chi connectivity index (χ1) is 13.2. The Balaban J connectivity index is 1.97. The lowest BCUT2D eigenvalue weighted by Gasteiger charge is -2.15. The fraction of sp³-hybridized carbons (Fsp3) is 0.409. The van der Waals surface area contributed by atoms with Crippen LogP contribution in [-0.2, 0) is 21.2 Å². The zero-order valence-corrected chi connectivity index (χ0v) is 17.8. The van der Waals surface area contributed by atoms with Crippen LogP contribution < -0.4 is 10.0 Å². The van der Waals surface area contributed by atoms with Crippen molar-refractivity contribution in [1.82, 2.24) is 10.0 Å². The molecular formula is C22H30N2O3S. The second-order valence-corrected chi connectivity index (χ2v) is 9.72. The Bertz CT molecular complexity index is 873. The van der Waals surface area contributed by atoms with E-state index in [2.05, 4.69) is 46.4 Å². The van der Waals surface area contributed by atoms with E-state index in [4.69, 9.17) is 0 Å². The maximum absolute atomic E-state index is 11.9. The summed E-state index contributed by atoms with van der Waals surface area (Å²) < 4.78 is 26.5. The number of nitrogens with one attached hydrogen (secondary N) is 2. The second kappa shape index (κ2) is 9.85. The molecule has 0 heterocycles. The van der Waals surface area contributed by atoms with Crippen LogP contribution in [0.3, 0.4) is 0 Å². The van der Waals surface area contributed by atoms with Gasteiger partial charge in [-0.3, -0.25) is 4.79 Å². The Kier molecular flexibility index (Phi) is 7.78. The zero-order chi connectivity index (χ0) is 20.7. The first-order valence-electron chi connectivity index (χ1n) is 9.61. The van der Waals surface area contributed by atoms with Crippen molar-refractivity contribution in [3.63, 3.8) is 0 Å². The smallest absolute Gasteiger partial charge is 0.216 e. The molecule has 2 rings (SSSR count). The minimum absolute atomic E-state index is 0.0112. The minimum Gasteiger partial charge on any atom is -0.356 e. The van der Waals surface area contributed by atoms with Crippen molar-refractivity contribution >= 4 is 15.9 Å².